The van der Waals surface area contributed by atoms with Crippen molar-refractivity contribution in [3.8, 4) is 0 Å². The predicted molar refractivity (Wildman–Crippen MR) is 73.4 cm³/mol. The van der Waals surface area contributed by atoms with Gasteiger partial charge in [0, 0.05) is 5.56 Å². The number of aldehydes is 1. The Kier molecular flexibility index (Phi) is 3.49. The van der Waals surface area contributed by atoms with E-state index in [4.69, 9.17) is 14.8 Å². The lowest BCUT2D eigenvalue weighted by molar-refractivity contribution is 0.112. The minimum absolute atomic E-state index is 0.00838. The van der Waals surface area contributed by atoms with Crippen LogP contribution >= 0.6 is 0 Å². The Morgan fingerprint density at radius 2 is 1.62 bits per heavy atom. The Morgan fingerprint density at radius 3 is 2.10 bits per heavy atom. The van der Waals surface area contributed by atoms with Gasteiger partial charge in [-0.3, -0.25) is 13.9 Å². The molecule has 0 unspecified atom stereocenters. The SMILES string of the molecule is Nc1c(S(=O)(=O)O)cc2cc(S(=O)(=O)O)ccc2c1C=O. The molecule has 0 aliphatic rings. The van der Waals surface area contributed by atoms with E-state index in [0.29, 0.717) is 6.29 Å². The maximum atomic E-state index is 11.2. The van der Waals surface area contributed by atoms with E-state index in [1.165, 1.54) is 6.07 Å². The van der Waals surface area contributed by atoms with Crippen molar-refractivity contribution in [2.75, 3.05) is 5.73 Å². The average Bonchev–Trinajstić information content (AvgIpc) is 2.35. The highest BCUT2D eigenvalue weighted by atomic mass is 32.2. The molecule has 0 heterocycles. The fourth-order valence-corrected chi connectivity index (χ4v) is 3.08. The standard InChI is InChI=1S/C11H9NO7S2/c12-11-9(5-13)8-2-1-7(20(14,15)16)3-6(8)4-10(11)21(17,18)19/h1-5H,12H2,(H,14,15,16)(H,17,18,19). The molecule has 2 aromatic rings. The van der Waals surface area contributed by atoms with Gasteiger partial charge in [-0.25, -0.2) is 0 Å². The molecule has 0 amide bonds. The summed E-state index contributed by atoms with van der Waals surface area (Å²) in [4.78, 5) is 9.87. The van der Waals surface area contributed by atoms with E-state index in [9.17, 15) is 21.6 Å². The number of hydrogen-bond donors (Lipinski definition) is 3. The van der Waals surface area contributed by atoms with Gasteiger partial charge in [-0.2, -0.15) is 16.8 Å². The second kappa shape index (κ2) is 4.77. The number of fused-ring (bicyclic) bond motifs is 1. The van der Waals surface area contributed by atoms with E-state index in [-0.39, 0.29) is 16.3 Å². The molecule has 0 aromatic heterocycles. The fourth-order valence-electron chi connectivity index (χ4n) is 1.90. The molecule has 2 rings (SSSR count). The Hall–Kier alpha value is -2.01. The molecule has 4 N–H and O–H groups in total. The average molecular weight is 331 g/mol. The Balaban J connectivity index is 2.99. The monoisotopic (exact) mass is 331 g/mol. The molecular weight excluding hydrogens is 322 g/mol. The number of carbonyl (C=O) groups excluding carboxylic acids is 1. The van der Waals surface area contributed by atoms with Crippen LogP contribution in [0.3, 0.4) is 0 Å². The van der Waals surface area contributed by atoms with Crippen molar-refractivity contribution < 1.29 is 30.7 Å². The Morgan fingerprint density at radius 1 is 1.00 bits per heavy atom. The summed E-state index contributed by atoms with van der Waals surface area (Å²) in [6.07, 6.45) is 0.291. The van der Waals surface area contributed by atoms with E-state index in [1.807, 2.05) is 0 Å². The van der Waals surface area contributed by atoms with Crippen molar-refractivity contribution in [1.29, 1.82) is 0 Å². The number of carbonyl (C=O) groups is 1. The van der Waals surface area contributed by atoms with Crippen LogP contribution < -0.4 is 5.73 Å². The quantitative estimate of drug-likeness (QED) is 0.423. The third kappa shape index (κ3) is 2.74. The summed E-state index contributed by atoms with van der Waals surface area (Å²) in [7, 11) is -9.21. The molecule has 0 spiro atoms. The van der Waals surface area contributed by atoms with Crippen LogP contribution in [-0.4, -0.2) is 32.2 Å². The fraction of sp³-hybridized carbons (Fsp3) is 0. The molecule has 0 saturated heterocycles. The minimum Gasteiger partial charge on any atom is -0.397 e. The van der Waals surface area contributed by atoms with Crippen LogP contribution in [-0.2, 0) is 20.2 Å². The lowest BCUT2D eigenvalue weighted by Gasteiger charge is -2.10. The molecule has 0 radical (unpaired) electrons. The number of rotatable bonds is 3. The number of hydrogen-bond acceptors (Lipinski definition) is 6. The van der Waals surface area contributed by atoms with Crippen molar-refractivity contribution in [2.24, 2.45) is 0 Å². The number of nitrogens with two attached hydrogens (primary N) is 1. The summed E-state index contributed by atoms with van der Waals surface area (Å²) in [5.74, 6) is 0. The summed E-state index contributed by atoms with van der Waals surface area (Å²) < 4.78 is 62.7. The van der Waals surface area contributed by atoms with Crippen LogP contribution in [0, 0.1) is 0 Å². The molecule has 10 heteroatoms. The molecule has 21 heavy (non-hydrogen) atoms. The van der Waals surface area contributed by atoms with Gasteiger partial charge in [-0.1, -0.05) is 6.07 Å². The summed E-state index contributed by atoms with van der Waals surface area (Å²) in [6.45, 7) is 0. The van der Waals surface area contributed by atoms with Gasteiger partial charge >= 0.3 is 0 Å². The van der Waals surface area contributed by atoms with E-state index in [2.05, 4.69) is 0 Å². The molecule has 0 fully saturated rings. The van der Waals surface area contributed by atoms with E-state index in [0.717, 1.165) is 18.2 Å². The van der Waals surface area contributed by atoms with E-state index in [1.54, 1.807) is 0 Å². The zero-order valence-electron chi connectivity index (χ0n) is 10.2. The lowest BCUT2D eigenvalue weighted by atomic mass is 10.0. The molecule has 0 bridgehead atoms. The topological polar surface area (TPSA) is 152 Å². The second-order valence-corrected chi connectivity index (χ2v) is 6.96. The first kappa shape index (κ1) is 15.4. The van der Waals surface area contributed by atoms with Crippen molar-refractivity contribution in [3.63, 3.8) is 0 Å². The Labute approximate surface area is 119 Å². The zero-order chi connectivity index (χ0) is 16.0. The first-order chi connectivity index (χ1) is 9.55. The van der Waals surface area contributed by atoms with Gasteiger partial charge in [0.15, 0.2) is 6.29 Å². The highest BCUT2D eigenvalue weighted by molar-refractivity contribution is 7.86. The van der Waals surface area contributed by atoms with Crippen LogP contribution in [0.5, 0.6) is 0 Å². The van der Waals surface area contributed by atoms with E-state index < -0.39 is 35.7 Å². The van der Waals surface area contributed by atoms with Crippen molar-refractivity contribution in [3.05, 3.63) is 29.8 Å². The predicted octanol–water partition coefficient (Wildman–Crippen LogP) is 0.728. The van der Waals surface area contributed by atoms with Crippen LogP contribution in [0.4, 0.5) is 5.69 Å². The molecule has 0 aliphatic heterocycles. The third-order valence-electron chi connectivity index (χ3n) is 2.85. The normalized spacial score (nSPS) is 12.5. The van der Waals surface area contributed by atoms with Gasteiger partial charge in [0.1, 0.15) is 4.90 Å². The molecule has 8 nitrogen and oxygen atoms in total. The molecule has 0 saturated carbocycles. The highest BCUT2D eigenvalue weighted by Gasteiger charge is 2.20. The maximum Gasteiger partial charge on any atom is 0.296 e. The van der Waals surface area contributed by atoms with Crippen LogP contribution in [0.25, 0.3) is 10.8 Å². The van der Waals surface area contributed by atoms with Gasteiger partial charge in [0.2, 0.25) is 0 Å². The minimum atomic E-state index is -4.70. The smallest absolute Gasteiger partial charge is 0.296 e. The summed E-state index contributed by atoms with van der Waals surface area (Å²) >= 11 is 0. The number of benzene rings is 2. The van der Waals surface area contributed by atoms with Crippen molar-refractivity contribution >= 4 is 43.0 Å². The Bertz CT molecular complexity index is 962. The lowest BCUT2D eigenvalue weighted by Crippen LogP contribution is -2.07. The largest absolute Gasteiger partial charge is 0.397 e. The van der Waals surface area contributed by atoms with Gasteiger partial charge in [-0.05, 0) is 29.0 Å². The van der Waals surface area contributed by atoms with Crippen LogP contribution in [0.15, 0.2) is 34.1 Å². The molecule has 112 valence electrons. The first-order valence-electron chi connectivity index (χ1n) is 5.32. The van der Waals surface area contributed by atoms with Gasteiger partial charge in [-0.15, -0.1) is 0 Å². The summed E-state index contributed by atoms with van der Waals surface area (Å²) in [5.41, 5.74) is 4.88. The second-order valence-electron chi connectivity index (χ2n) is 4.15. The van der Waals surface area contributed by atoms with Gasteiger partial charge in [0.25, 0.3) is 20.2 Å². The van der Waals surface area contributed by atoms with Crippen molar-refractivity contribution in [1.82, 2.24) is 0 Å². The van der Waals surface area contributed by atoms with Crippen LogP contribution in [0.2, 0.25) is 0 Å². The van der Waals surface area contributed by atoms with E-state index >= 15 is 0 Å². The van der Waals surface area contributed by atoms with Crippen LogP contribution in [0.1, 0.15) is 10.4 Å². The first-order valence-corrected chi connectivity index (χ1v) is 8.20. The maximum absolute atomic E-state index is 11.2. The number of anilines is 1. The van der Waals surface area contributed by atoms with Gasteiger partial charge in [0.05, 0.1) is 10.6 Å². The highest BCUT2D eigenvalue weighted by Crippen LogP contribution is 2.31. The third-order valence-corrected chi connectivity index (χ3v) is 4.59. The summed E-state index contributed by atoms with van der Waals surface area (Å²) in [6, 6.07) is 4.12. The van der Waals surface area contributed by atoms with Crippen molar-refractivity contribution in [2.45, 2.75) is 9.79 Å². The molecule has 2 aromatic carbocycles. The number of nitrogen functional groups attached to an aromatic ring is 1. The molecule has 0 aliphatic carbocycles. The molecule has 0 atom stereocenters. The summed E-state index contributed by atoms with van der Waals surface area (Å²) in [5, 5.41) is 0.191. The molecular formula is C11H9NO7S2. The van der Waals surface area contributed by atoms with Gasteiger partial charge < -0.3 is 5.73 Å². The zero-order valence-corrected chi connectivity index (χ0v) is 11.8.